The molecule has 0 aromatic heterocycles. The highest BCUT2D eigenvalue weighted by atomic mass is 32.2. The molecule has 1 amide bonds. The number of aryl methyl sites for hydroxylation is 1. The molecule has 0 bridgehead atoms. The van der Waals surface area contributed by atoms with Gasteiger partial charge in [-0.05, 0) is 44.9 Å². The average Bonchev–Trinajstić information content (AvgIpc) is 2.34. The summed E-state index contributed by atoms with van der Waals surface area (Å²) in [5.74, 6) is -0.0407. The zero-order chi connectivity index (χ0) is 15.6. The number of nitrogens with one attached hydrogen (secondary N) is 1. The second-order valence-corrected chi connectivity index (χ2v) is 6.99. The maximum absolute atomic E-state index is 11.7. The van der Waals surface area contributed by atoms with Crippen molar-refractivity contribution in [1.29, 1.82) is 0 Å². The summed E-state index contributed by atoms with van der Waals surface area (Å²) in [6, 6.07) is 3.70. The lowest BCUT2D eigenvalue weighted by Crippen LogP contribution is -2.25. The van der Waals surface area contributed by atoms with Crippen LogP contribution in [0.4, 0.5) is 11.4 Å². The van der Waals surface area contributed by atoms with Crippen molar-refractivity contribution < 1.29 is 14.3 Å². The summed E-state index contributed by atoms with van der Waals surface area (Å²) in [4.78, 5) is 23.9. The van der Waals surface area contributed by atoms with Gasteiger partial charge in [-0.25, -0.2) is 0 Å². The fraction of sp³-hybridized carbons (Fsp3) is 0.467. The van der Waals surface area contributed by atoms with Crippen LogP contribution in [-0.2, 0) is 20.7 Å². The Labute approximate surface area is 128 Å². The molecular formula is C15H20N2O3S. The van der Waals surface area contributed by atoms with Crippen LogP contribution in [-0.4, -0.2) is 23.2 Å². The highest BCUT2D eigenvalue weighted by Crippen LogP contribution is 2.33. The van der Waals surface area contributed by atoms with Gasteiger partial charge in [-0.15, -0.1) is 11.8 Å². The molecular weight excluding hydrogens is 288 g/mol. The third-order valence-electron chi connectivity index (χ3n) is 2.90. The number of esters is 1. The molecule has 1 aliphatic heterocycles. The topological polar surface area (TPSA) is 81.4 Å². The molecule has 1 aromatic rings. The van der Waals surface area contributed by atoms with Crippen LogP contribution in [0.25, 0.3) is 0 Å². The number of carbonyl (C=O) groups excluding carboxylic acids is 2. The van der Waals surface area contributed by atoms with Crippen molar-refractivity contribution >= 4 is 35.0 Å². The lowest BCUT2D eigenvalue weighted by Gasteiger charge is -2.20. The first-order valence-corrected chi connectivity index (χ1v) is 7.80. The number of thioether (sulfide) groups is 1. The molecule has 1 aromatic carbocycles. The normalized spacial score (nSPS) is 14.3. The molecule has 0 fully saturated rings. The number of rotatable bonds is 3. The van der Waals surface area contributed by atoms with Crippen molar-refractivity contribution in [3.63, 3.8) is 0 Å². The van der Waals surface area contributed by atoms with Crippen LogP contribution in [0.15, 0.2) is 17.0 Å². The van der Waals surface area contributed by atoms with Crippen molar-refractivity contribution in [2.24, 2.45) is 0 Å². The van der Waals surface area contributed by atoms with Crippen LogP contribution in [0.2, 0.25) is 0 Å². The molecule has 3 N–H and O–H groups in total. The third kappa shape index (κ3) is 4.39. The maximum Gasteiger partial charge on any atom is 0.316 e. The maximum atomic E-state index is 11.7. The first kappa shape index (κ1) is 15.7. The van der Waals surface area contributed by atoms with Gasteiger partial charge in [0.15, 0.2) is 0 Å². The lowest BCUT2D eigenvalue weighted by molar-refractivity contribution is -0.151. The van der Waals surface area contributed by atoms with Gasteiger partial charge in [0, 0.05) is 22.7 Å². The Balaban J connectivity index is 2.04. The Hall–Kier alpha value is -1.69. The van der Waals surface area contributed by atoms with E-state index < -0.39 is 5.60 Å². The Morgan fingerprint density at radius 1 is 1.38 bits per heavy atom. The summed E-state index contributed by atoms with van der Waals surface area (Å²) < 4.78 is 5.27. The summed E-state index contributed by atoms with van der Waals surface area (Å²) >= 11 is 1.36. The van der Waals surface area contributed by atoms with Crippen LogP contribution in [0.3, 0.4) is 0 Å². The molecule has 114 valence electrons. The van der Waals surface area contributed by atoms with Crippen LogP contribution < -0.4 is 11.1 Å². The summed E-state index contributed by atoms with van der Waals surface area (Å²) in [6.07, 6.45) is 1.18. The Morgan fingerprint density at radius 2 is 2.10 bits per heavy atom. The number of carbonyl (C=O) groups is 2. The molecule has 5 nitrogen and oxygen atoms in total. The monoisotopic (exact) mass is 308 g/mol. The molecule has 1 aliphatic rings. The van der Waals surface area contributed by atoms with Gasteiger partial charge >= 0.3 is 5.97 Å². The quantitative estimate of drug-likeness (QED) is 0.509. The van der Waals surface area contributed by atoms with E-state index in [1.165, 1.54) is 11.8 Å². The predicted octanol–water partition coefficient (Wildman–Crippen LogP) is 2.59. The van der Waals surface area contributed by atoms with Gasteiger partial charge in [0.05, 0.1) is 5.75 Å². The predicted molar refractivity (Wildman–Crippen MR) is 84.4 cm³/mol. The zero-order valence-electron chi connectivity index (χ0n) is 12.5. The number of nitrogens with two attached hydrogens (primary N) is 1. The van der Waals surface area contributed by atoms with Gasteiger partial charge < -0.3 is 15.8 Å². The molecule has 1 heterocycles. The summed E-state index contributed by atoms with van der Waals surface area (Å²) in [6.45, 7) is 5.52. The van der Waals surface area contributed by atoms with Gasteiger partial charge in [-0.3, -0.25) is 9.59 Å². The van der Waals surface area contributed by atoms with Crippen LogP contribution in [0.5, 0.6) is 0 Å². The number of anilines is 2. The Kier molecular flexibility index (Phi) is 4.46. The minimum absolute atomic E-state index is 0.0102. The van der Waals surface area contributed by atoms with Gasteiger partial charge in [0.2, 0.25) is 5.91 Å². The number of amides is 1. The van der Waals surface area contributed by atoms with E-state index in [4.69, 9.17) is 10.5 Å². The van der Waals surface area contributed by atoms with E-state index in [9.17, 15) is 9.59 Å². The van der Waals surface area contributed by atoms with Crippen molar-refractivity contribution in [3.8, 4) is 0 Å². The number of hydrogen-bond acceptors (Lipinski definition) is 5. The summed E-state index contributed by atoms with van der Waals surface area (Å²) in [7, 11) is 0. The SMILES string of the molecule is CC(C)(C)OC(=O)CSc1cc2c(cc1N)NC(=O)CC2. The van der Waals surface area contributed by atoms with E-state index in [0.29, 0.717) is 18.5 Å². The number of fused-ring (bicyclic) bond motifs is 1. The molecule has 0 spiro atoms. The Morgan fingerprint density at radius 3 is 2.76 bits per heavy atom. The van der Waals surface area contributed by atoms with Crippen molar-refractivity contribution in [2.75, 3.05) is 16.8 Å². The van der Waals surface area contributed by atoms with E-state index >= 15 is 0 Å². The van der Waals surface area contributed by atoms with Gasteiger partial charge in [0.25, 0.3) is 0 Å². The molecule has 0 saturated carbocycles. The number of hydrogen-bond donors (Lipinski definition) is 2. The van der Waals surface area contributed by atoms with Gasteiger partial charge in [-0.1, -0.05) is 0 Å². The van der Waals surface area contributed by atoms with Crippen molar-refractivity contribution in [2.45, 2.75) is 44.1 Å². The molecule has 2 rings (SSSR count). The first-order valence-electron chi connectivity index (χ1n) is 6.81. The Bertz CT molecular complexity index is 579. The van der Waals surface area contributed by atoms with E-state index in [0.717, 1.165) is 16.1 Å². The van der Waals surface area contributed by atoms with Crippen LogP contribution in [0.1, 0.15) is 32.8 Å². The molecule has 0 saturated heterocycles. The minimum atomic E-state index is -0.483. The summed E-state index contributed by atoms with van der Waals surface area (Å²) in [5.41, 5.74) is 7.88. The third-order valence-corrected chi connectivity index (χ3v) is 3.94. The molecule has 0 unspecified atom stereocenters. The molecule has 6 heteroatoms. The van der Waals surface area contributed by atoms with Gasteiger partial charge in [0.1, 0.15) is 5.60 Å². The lowest BCUT2D eigenvalue weighted by atomic mass is 10.0. The summed E-state index contributed by atoms with van der Waals surface area (Å²) in [5, 5.41) is 2.80. The van der Waals surface area contributed by atoms with Crippen LogP contribution in [0, 0.1) is 0 Å². The highest BCUT2D eigenvalue weighted by molar-refractivity contribution is 8.00. The number of benzene rings is 1. The van der Waals surface area contributed by atoms with Crippen molar-refractivity contribution in [3.05, 3.63) is 17.7 Å². The first-order chi connectivity index (χ1) is 9.74. The number of ether oxygens (including phenoxy) is 1. The van der Waals surface area contributed by atoms with Crippen molar-refractivity contribution in [1.82, 2.24) is 0 Å². The smallest absolute Gasteiger partial charge is 0.316 e. The second-order valence-electron chi connectivity index (χ2n) is 5.97. The second kappa shape index (κ2) is 5.97. The molecule has 0 aliphatic carbocycles. The standard InChI is InChI=1S/C15H20N2O3S/c1-15(2,3)20-14(19)8-21-12-6-9-4-5-13(18)17-11(9)7-10(12)16/h6-7H,4-5,8,16H2,1-3H3,(H,17,18). The minimum Gasteiger partial charge on any atom is -0.459 e. The molecule has 0 radical (unpaired) electrons. The molecule has 0 atom stereocenters. The number of nitrogen functional groups attached to an aromatic ring is 1. The molecule has 21 heavy (non-hydrogen) atoms. The fourth-order valence-electron chi connectivity index (χ4n) is 2.06. The largest absolute Gasteiger partial charge is 0.459 e. The van der Waals surface area contributed by atoms with E-state index in [2.05, 4.69) is 5.32 Å². The van der Waals surface area contributed by atoms with E-state index in [1.54, 1.807) is 6.07 Å². The van der Waals surface area contributed by atoms with Gasteiger partial charge in [-0.2, -0.15) is 0 Å². The van der Waals surface area contributed by atoms with E-state index in [1.807, 2.05) is 26.8 Å². The fourth-order valence-corrected chi connectivity index (χ4v) is 2.84. The zero-order valence-corrected chi connectivity index (χ0v) is 13.3. The van der Waals surface area contributed by atoms with E-state index in [-0.39, 0.29) is 17.6 Å². The highest BCUT2D eigenvalue weighted by Gasteiger charge is 2.19. The average molecular weight is 308 g/mol. The van der Waals surface area contributed by atoms with Crippen LogP contribution >= 0.6 is 11.8 Å².